The van der Waals surface area contributed by atoms with E-state index in [2.05, 4.69) is 20.7 Å². The Balaban J connectivity index is 2.82. The first-order valence-corrected chi connectivity index (χ1v) is 8.98. The molecule has 0 spiro atoms. The molecule has 0 aliphatic heterocycles. The van der Waals surface area contributed by atoms with Gasteiger partial charge in [-0.15, -0.1) is 0 Å². The minimum Gasteiger partial charge on any atom is -0.450 e. The van der Waals surface area contributed by atoms with Gasteiger partial charge in [-0.2, -0.15) is 11.8 Å². The summed E-state index contributed by atoms with van der Waals surface area (Å²) in [4.78, 5) is 0.0163. The van der Waals surface area contributed by atoms with Gasteiger partial charge in [0.1, 0.15) is 17.3 Å². The van der Waals surface area contributed by atoms with E-state index in [1.807, 2.05) is 13.2 Å². The zero-order valence-corrected chi connectivity index (χ0v) is 13.4. The van der Waals surface area contributed by atoms with Crippen molar-refractivity contribution in [1.82, 2.24) is 4.72 Å². The third-order valence-corrected chi connectivity index (χ3v) is 5.35. The van der Waals surface area contributed by atoms with Gasteiger partial charge in [-0.05, 0) is 41.3 Å². The van der Waals surface area contributed by atoms with Crippen LogP contribution in [0.5, 0.6) is 0 Å². The normalized spacial score (nSPS) is 13.8. The maximum Gasteiger partial charge on any atom is 0.245 e. The predicted octanol–water partition coefficient (Wildman–Crippen LogP) is 1.95. The Hall–Kier alpha value is -0.0200. The van der Waals surface area contributed by atoms with Crippen molar-refractivity contribution >= 4 is 37.7 Å². The lowest BCUT2D eigenvalue weighted by atomic mass is 10.3. The van der Waals surface area contributed by atoms with Crippen molar-refractivity contribution in [2.75, 3.05) is 12.0 Å². The largest absolute Gasteiger partial charge is 0.450 e. The molecular weight excluding hydrogens is 342 g/mol. The Morgan fingerprint density at radius 2 is 2.28 bits per heavy atom. The molecule has 0 aliphatic rings. The smallest absolute Gasteiger partial charge is 0.245 e. The van der Waals surface area contributed by atoms with Crippen LogP contribution in [0.1, 0.15) is 19.1 Å². The number of thioether (sulfide) groups is 1. The van der Waals surface area contributed by atoms with Gasteiger partial charge in [-0.1, -0.05) is 0 Å². The Morgan fingerprint density at radius 1 is 1.61 bits per heavy atom. The molecule has 0 aromatic carbocycles. The van der Waals surface area contributed by atoms with Crippen LogP contribution in [0, 0.1) is 0 Å². The molecule has 1 aromatic rings. The first kappa shape index (κ1) is 16.0. The summed E-state index contributed by atoms with van der Waals surface area (Å²) in [7, 11) is -3.62. The highest BCUT2D eigenvalue weighted by Gasteiger charge is 2.23. The number of aliphatic hydroxyl groups is 1. The quantitative estimate of drug-likeness (QED) is 0.779. The third-order valence-electron chi connectivity index (χ3n) is 2.26. The zero-order chi connectivity index (χ0) is 13.8. The number of hydrogen-bond acceptors (Lipinski definition) is 5. The predicted molar refractivity (Wildman–Crippen MR) is 75.1 cm³/mol. The van der Waals surface area contributed by atoms with Crippen LogP contribution in [0.4, 0.5) is 0 Å². The molecule has 0 radical (unpaired) electrons. The number of furan rings is 1. The lowest BCUT2D eigenvalue weighted by Gasteiger charge is -2.12. The van der Waals surface area contributed by atoms with Crippen LogP contribution in [0.15, 0.2) is 20.0 Å². The topological polar surface area (TPSA) is 79.5 Å². The van der Waals surface area contributed by atoms with Crippen LogP contribution in [0.25, 0.3) is 0 Å². The van der Waals surface area contributed by atoms with E-state index in [9.17, 15) is 8.42 Å². The second kappa shape index (κ2) is 6.95. The molecule has 0 saturated heterocycles. The molecule has 18 heavy (non-hydrogen) atoms. The lowest BCUT2D eigenvalue weighted by molar-refractivity contribution is 0.245. The van der Waals surface area contributed by atoms with Gasteiger partial charge in [0.05, 0.1) is 0 Å². The first-order chi connectivity index (χ1) is 8.40. The molecule has 1 unspecified atom stereocenters. The summed E-state index contributed by atoms with van der Waals surface area (Å²) in [5.41, 5.74) is 0. The summed E-state index contributed by atoms with van der Waals surface area (Å²) in [6, 6.07) is 1.16. The van der Waals surface area contributed by atoms with Crippen LogP contribution < -0.4 is 4.72 Å². The molecule has 0 aliphatic carbocycles. The Bertz CT molecular complexity index is 486. The van der Waals surface area contributed by atoms with Crippen molar-refractivity contribution in [2.24, 2.45) is 0 Å². The summed E-state index contributed by atoms with van der Waals surface area (Å²) in [5, 5.41) is 8.91. The van der Waals surface area contributed by atoms with Gasteiger partial charge in [0.2, 0.25) is 10.0 Å². The molecule has 1 aromatic heterocycles. The van der Waals surface area contributed by atoms with E-state index in [1.54, 1.807) is 11.8 Å². The van der Waals surface area contributed by atoms with Crippen molar-refractivity contribution < 1.29 is 17.9 Å². The summed E-state index contributed by atoms with van der Waals surface area (Å²) in [6.45, 7) is 1.48. The highest BCUT2D eigenvalue weighted by atomic mass is 79.9. The molecule has 104 valence electrons. The van der Waals surface area contributed by atoms with Crippen LogP contribution in [-0.2, 0) is 16.6 Å². The average molecular weight is 358 g/mol. The van der Waals surface area contributed by atoms with Crippen LogP contribution in [0.2, 0.25) is 0 Å². The summed E-state index contributed by atoms with van der Waals surface area (Å²) in [6.07, 6.45) is 2.73. The highest BCUT2D eigenvalue weighted by molar-refractivity contribution is 9.10. The van der Waals surface area contributed by atoms with Crippen molar-refractivity contribution in [3.8, 4) is 0 Å². The maximum atomic E-state index is 12.1. The van der Waals surface area contributed by atoms with Gasteiger partial charge >= 0.3 is 0 Å². The summed E-state index contributed by atoms with van der Waals surface area (Å²) < 4.78 is 31.9. The van der Waals surface area contributed by atoms with Crippen LogP contribution >= 0.6 is 27.7 Å². The minimum absolute atomic E-state index is 0.0163. The Morgan fingerprint density at radius 3 is 2.78 bits per heavy atom. The number of sulfonamides is 1. The SMILES string of the molecule is CSCCC(C)NS(=O)(=O)c1cc(CO)oc1Br. The standard InChI is InChI=1S/C10H16BrNO4S2/c1-7(3-4-17-2)12-18(14,15)9-5-8(6-13)16-10(9)11/h5,7,12-13H,3-4,6H2,1-2H3. The molecule has 0 fully saturated rings. The van der Waals surface area contributed by atoms with Crippen molar-refractivity contribution in [3.05, 3.63) is 16.5 Å². The van der Waals surface area contributed by atoms with Crippen LogP contribution in [-0.4, -0.2) is 31.6 Å². The van der Waals surface area contributed by atoms with Crippen LogP contribution in [0.3, 0.4) is 0 Å². The second-order valence-electron chi connectivity index (χ2n) is 3.81. The number of halogens is 1. The monoisotopic (exact) mass is 357 g/mol. The molecule has 2 N–H and O–H groups in total. The molecule has 1 rings (SSSR count). The summed E-state index contributed by atoms with van der Waals surface area (Å²) >= 11 is 4.70. The van der Waals surface area contributed by atoms with Gasteiger partial charge in [0, 0.05) is 12.1 Å². The van der Waals surface area contributed by atoms with Gasteiger partial charge in [0.25, 0.3) is 0 Å². The molecular formula is C10H16BrNO4S2. The summed E-state index contributed by atoms with van der Waals surface area (Å²) in [5.74, 6) is 1.09. The van der Waals surface area contributed by atoms with Gasteiger partial charge in [0.15, 0.2) is 4.67 Å². The molecule has 1 atom stereocenters. The van der Waals surface area contributed by atoms with Crippen molar-refractivity contribution in [1.29, 1.82) is 0 Å². The Kier molecular flexibility index (Phi) is 6.19. The lowest BCUT2D eigenvalue weighted by Crippen LogP contribution is -2.32. The van der Waals surface area contributed by atoms with Gasteiger partial charge in [-0.25, -0.2) is 13.1 Å². The number of hydrogen-bond donors (Lipinski definition) is 2. The fourth-order valence-electron chi connectivity index (χ4n) is 1.34. The maximum absolute atomic E-state index is 12.1. The fraction of sp³-hybridized carbons (Fsp3) is 0.600. The first-order valence-electron chi connectivity index (χ1n) is 5.31. The van der Waals surface area contributed by atoms with E-state index in [1.165, 1.54) is 6.07 Å². The average Bonchev–Trinajstić information content (AvgIpc) is 2.68. The highest BCUT2D eigenvalue weighted by Crippen LogP contribution is 2.26. The van der Waals surface area contributed by atoms with Gasteiger partial charge < -0.3 is 9.52 Å². The van der Waals surface area contributed by atoms with E-state index in [0.29, 0.717) is 0 Å². The molecule has 0 saturated carbocycles. The number of rotatable bonds is 7. The van der Waals surface area contributed by atoms with E-state index >= 15 is 0 Å². The van der Waals surface area contributed by atoms with E-state index in [4.69, 9.17) is 9.52 Å². The van der Waals surface area contributed by atoms with E-state index in [-0.39, 0.29) is 28.0 Å². The third kappa shape index (κ3) is 4.27. The number of aliphatic hydroxyl groups excluding tert-OH is 1. The molecule has 8 heteroatoms. The van der Waals surface area contributed by atoms with E-state index < -0.39 is 10.0 Å². The van der Waals surface area contributed by atoms with E-state index in [0.717, 1.165) is 12.2 Å². The fourth-order valence-corrected chi connectivity index (χ4v) is 4.21. The second-order valence-corrected chi connectivity index (χ2v) is 7.20. The van der Waals surface area contributed by atoms with Crippen molar-refractivity contribution in [3.63, 3.8) is 0 Å². The molecule has 1 heterocycles. The number of nitrogens with one attached hydrogen (secondary N) is 1. The van der Waals surface area contributed by atoms with Crippen molar-refractivity contribution in [2.45, 2.75) is 30.9 Å². The van der Waals surface area contributed by atoms with Gasteiger partial charge in [-0.3, -0.25) is 0 Å². The zero-order valence-electron chi connectivity index (χ0n) is 10.1. The molecule has 0 bridgehead atoms. The molecule has 0 amide bonds. The Labute approximate surface area is 120 Å². The minimum atomic E-state index is -3.62. The molecule has 5 nitrogen and oxygen atoms in total.